The standard InChI is InChI=1S/C22H19F3N2O4/c1-3-12-30-19-10-4-15(13-20(19)29-2)5-11-21(28)27-18(14-26)16-6-8-17(9-7-16)31-22(23,24)25/h1,4,6-10,13,18H,5,11-12H2,2H3,(H,27,28). The summed E-state index contributed by atoms with van der Waals surface area (Å²) in [6.45, 7) is 0.0942. The van der Waals surface area contributed by atoms with E-state index in [2.05, 4.69) is 16.0 Å². The Balaban J connectivity index is 1.95. The third-order valence-corrected chi connectivity index (χ3v) is 4.06. The number of ether oxygens (including phenoxy) is 3. The van der Waals surface area contributed by atoms with E-state index < -0.39 is 24.1 Å². The first-order valence-electron chi connectivity index (χ1n) is 9.03. The smallest absolute Gasteiger partial charge is 0.493 e. The number of nitriles is 1. The van der Waals surface area contributed by atoms with Crippen LogP contribution in [0.2, 0.25) is 0 Å². The highest BCUT2D eigenvalue weighted by atomic mass is 19.4. The van der Waals surface area contributed by atoms with Crippen molar-refractivity contribution in [3.63, 3.8) is 0 Å². The van der Waals surface area contributed by atoms with Crippen molar-refractivity contribution in [2.75, 3.05) is 13.7 Å². The zero-order valence-corrected chi connectivity index (χ0v) is 16.5. The van der Waals surface area contributed by atoms with Crippen molar-refractivity contribution in [2.24, 2.45) is 0 Å². The lowest BCUT2D eigenvalue weighted by Gasteiger charge is -2.14. The first-order chi connectivity index (χ1) is 14.8. The Morgan fingerprint density at radius 1 is 1.19 bits per heavy atom. The molecule has 31 heavy (non-hydrogen) atoms. The largest absolute Gasteiger partial charge is 0.573 e. The highest BCUT2D eigenvalue weighted by Crippen LogP contribution is 2.28. The van der Waals surface area contributed by atoms with Crippen molar-refractivity contribution in [3.05, 3.63) is 53.6 Å². The van der Waals surface area contributed by atoms with Crippen LogP contribution >= 0.6 is 0 Å². The second-order valence-electron chi connectivity index (χ2n) is 6.22. The SMILES string of the molecule is C#CCOc1ccc(CCC(=O)NC(C#N)c2ccc(OC(F)(F)F)cc2)cc1OC. The molecule has 0 spiro atoms. The van der Waals surface area contributed by atoms with Gasteiger partial charge >= 0.3 is 6.36 Å². The zero-order valence-electron chi connectivity index (χ0n) is 16.5. The Bertz CT molecular complexity index is 976. The molecule has 0 bridgehead atoms. The van der Waals surface area contributed by atoms with Gasteiger partial charge in [-0.3, -0.25) is 4.79 Å². The molecule has 6 nitrogen and oxygen atoms in total. The Morgan fingerprint density at radius 2 is 1.90 bits per heavy atom. The predicted octanol–water partition coefficient (Wildman–Crippen LogP) is 3.92. The highest BCUT2D eigenvalue weighted by Gasteiger charge is 2.31. The summed E-state index contributed by atoms with van der Waals surface area (Å²) >= 11 is 0. The van der Waals surface area contributed by atoms with Crippen LogP contribution in [0.1, 0.15) is 23.6 Å². The number of methoxy groups -OCH3 is 1. The molecule has 162 valence electrons. The summed E-state index contributed by atoms with van der Waals surface area (Å²) in [5, 5.41) is 11.9. The molecule has 0 fully saturated rings. The number of aryl methyl sites for hydroxylation is 1. The summed E-state index contributed by atoms with van der Waals surface area (Å²) < 4.78 is 51.1. The average Bonchev–Trinajstić information content (AvgIpc) is 2.74. The van der Waals surface area contributed by atoms with Crippen molar-refractivity contribution < 1.29 is 32.2 Å². The van der Waals surface area contributed by atoms with Crippen molar-refractivity contribution >= 4 is 5.91 Å². The van der Waals surface area contributed by atoms with Crippen LogP contribution in [-0.4, -0.2) is 26.0 Å². The van der Waals surface area contributed by atoms with E-state index in [-0.39, 0.29) is 13.0 Å². The number of carbonyl (C=O) groups excluding carboxylic acids is 1. The van der Waals surface area contributed by atoms with Gasteiger partial charge in [0.2, 0.25) is 5.91 Å². The first kappa shape index (κ1) is 23.4. The third kappa shape index (κ3) is 7.48. The van der Waals surface area contributed by atoms with Gasteiger partial charge in [-0.2, -0.15) is 5.26 Å². The average molecular weight is 432 g/mol. The molecule has 1 atom stereocenters. The third-order valence-electron chi connectivity index (χ3n) is 4.06. The summed E-state index contributed by atoms with van der Waals surface area (Å²) in [5.74, 6) is 2.51. The maximum Gasteiger partial charge on any atom is 0.573 e. The Hall–Kier alpha value is -3.85. The van der Waals surface area contributed by atoms with E-state index >= 15 is 0 Å². The van der Waals surface area contributed by atoms with Crippen molar-refractivity contribution in [1.29, 1.82) is 5.26 Å². The molecule has 0 saturated heterocycles. The molecule has 2 aromatic carbocycles. The number of carbonyl (C=O) groups is 1. The van der Waals surface area contributed by atoms with E-state index in [1.54, 1.807) is 18.2 Å². The molecule has 9 heteroatoms. The zero-order chi connectivity index (χ0) is 22.9. The van der Waals surface area contributed by atoms with E-state index in [1.807, 2.05) is 6.07 Å². The quantitative estimate of drug-likeness (QED) is 0.608. The number of terminal acetylenes is 1. The molecule has 0 heterocycles. The van der Waals surface area contributed by atoms with E-state index in [0.29, 0.717) is 23.5 Å². The number of hydrogen-bond donors (Lipinski definition) is 1. The van der Waals surface area contributed by atoms with Gasteiger partial charge < -0.3 is 19.5 Å². The first-order valence-corrected chi connectivity index (χ1v) is 9.03. The van der Waals surface area contributed by atoms with Gasteiger partial charge in [0.05, 0.1) is 13.2 Å². The monoisotopic (exact) mass is 432 g/mol. The number of benzene rings is 2. The molecule has 1 unspecified atom stereocenters. The number of amides is 1. The summed E-state index contributed by atoms with van der Waals surface area (Å²) in [4.78, 5) is 12.3. The lowest BCUT2D eigenvalue weighted by Crippen LogP contribution is -2.27. The lowest BCUT2D eigenvalue weighted by atomic mass is 10.1. The number of halogens is 3. The molecule has 0 radical (unpaired) electrons. The number of rotatable bonds is 9. The summed E-state index contributed by atoms with van der Waals surface area (Å²) in [5.41, 5.74) is 1.14. The minimum atomic E-state index is -4.81. The molecule has 0 aliphatic rings. The molecule has 0 aliphatic carbocycles. The fourth-order valence-corrected chi connectivity index (χ4v) is 2.65. The van der Waals surface area contributed by atoms with Crippen LogP contribution < -0.4 is 19.5 Å². The maximum atomic E-state index is 12.3. The van der Waals surface area contributed by atoms with Crippen LogP contribution in [0, 0.1) is 23.7 Å². The summed E-state index contributed by atoms with van der Waals surface area (Å²) in [7, 11) is 1.48. The molecule has 0 aliphatic heterocycles. The fraction of sp³-hybridized carbons (Fsp3) is 0.273. The fourth-order valence-electron chi connectivity index (χ4n) is 2.65. The molecule has 1 N–H and O–H groups in total. The minimum absolute atomic E-state index is 0.0845. The van der Waals surface area contributed by atoms with Crippen molar-refractivity contribution in [2.45, 2.75) is 25.2 Å². The Morgan fingerprint density at radius 3 is 2.48 bits per heavy atom. The van der Waals surface area contributed by atoms with Crippen LogP contribution in [-0.2, 0) is 11.2 Å². The number of nitrogens with zero attached hydrogens (tertiary/aromatic N) is 1. The molecule has 0 aromatic heterocycles. The van der Waals surface area contributed by atoms with E-state index in [9.17, 15) is 23.2 Å². The number of hydrogen-bond acceptors (Lipinski definition) is 5. The summed E-state index contributed by atoms with van der Waals surface area (Å²) in [6, 6.07) is 10.8. The summed E-state index contributed by atoms with van der Waals surface area (Å²) in [6.07, 6.45) is 0.816. The van der Waals surface area contributed by atoms with Gasteiger partial charge in [-0.25, -0.2) is 0 Å². The number of nitrogens with one attached hydrogen (secondary N) is 1. The van der Waals surface area contributed by atoms with Crippen LogP contribution in [0.3, 0.4) is 0 Å². The van der Waals surface area contributed by atoms with E-state index in [1.165, 1.54) is 19.2 Å². The van der Waals surface area contributed by atoms with Gasteiger partial charge in [0.15, 0.2) is 11.5 Å². The van der Waals surface area contributed by atoms with Gasteiger partial charge in [0, 0.05) is 6.42 Å². The van der Waals surface area contributed by atoms with Gasteiger partial charge in [0.1, 0.15) is 18.4 Å². The van der Waals surface area contributed by atoms with Crippen LogP contribution in [0.4, 0.5) is 13.2 Å². The molecular weight excluding hydrogens is 413 g/mol. The van der Waals surface area contributed by atoms with E-state index in [4.69, 9.17) is 15.9 Å². The van der Waals surface area contributed by atoms with Crippen molar-refractivity contribution in [1.82, 2.24) is 5.32 Å². The molecular formula is C22H19F3N2O4. The Kier molecular flexibility index (Phi) is 8.16. The van der Waals surface area contributed by atoms with Crippen LogP contribution in [0.5, 0.6) is 17.2 Å². The molecule has 0 saturated carbocycles. The van der Waals surface area contributed by atoms with Gasteiger partial charge in [-0.05, 0) is 41.8 Å². The topological polar surface area (TPSA) is 80.6 Å². The van der Waals surface area contributed by atoms with Crippen molar-refractivity contribution in [3.8, 4) is 35.7 Å². The lowest BCUT2D eigenvalue weighted by molar-refractivity contribution is -0.274. The molecule has 2 rings (SSSR count). The molecule has 2 aromatic rings. The highest BCUT2D eigenvalue weighted by molar-refractivity contribution is 5.77. The normalized spacial score (nSPS) is 11.5. The minimum Gasteiger partial charge on any atom is -0.493 e. The molecule has 1 amide bonds. The maximum absolute atomic E-state index is 12.3. The van der Waals surface area contributed by atoms with Gasteiger partial charge in [-0.1, -0.05) is 24.1 Å². The van der Waals surface area contributed by atoms with Gasteiger partial charge in [-0.15, -0.1) is 19.6 Å². The van der Waals surface area contributed by atoms with Crippen LogP contribution in [0.15, 0.2) is 42.5 Å². The Labute approximate surface area is 177 Å². The van der Waals surface area contributed by atoms with E-state index in [0.717, 1.165) is 17.7 Å². The van der Waals surface area contributed by atoms with Gasteiger partial charge in [0.25, 0.3) is 0 Å². The predicted molar refractivity (Wildman–Crippen MR) is 105 cm³/mol. The number of alkyl halides is 3. The van der Waals surface area contributed by atoms with Crippen LogP contribution in [0.25, 0.3) is 0 Å². The second-order valence-corrected chi connectivity index (χ2v) is 6.22. The second kappa shape index (κ2) is 10.8.